The standard InChI is InChI=1S/C15H11BrClN/c1-10(16)13-6-14(8-15(17)7-13)12-4-2-11(9-18)3-5-12/h2-8,10H,1H3/t10-/m0/s1. The minimum absolute atomic E-state index is 0.258. The second-order valence-electron chi connectivity index (χ2n) is 4.08. The summed E-state index contributed by atoms with van der Waals surface area (Å²) >= 11 is 9.67. The molecule has 0 aliphatic heterocycles. The molecule has 2 rings (SSSR count). The highest BCUT2D eigenvalue weighted by Gasteiger charge is 2.06. The zero-order valence-electron chi connectivity index (χ0n) is 9.82. The lowest BCUT2D eigenvalue weighted by atomic mass is 10.0. The van der Waals surface area contributed by atoms with Gasteiger partial charge in [0.15, 0.2) is 0 Å². The van der Waals surface area contributed by atoms with Gasteiger partial charge in [0.05, 0.1) is 11.6 Å². The molecule has 2 aromatic carbocycles. The van der Waals surface area contributed by atoms with Crippen LogP contribution in [0.5, 0.6) is 0 Å². The number of benzene rings is 2. The number of nitriles is 1. The summed E-state index contributed by atoms with van der Waals surface area (Å²) in [6.45, 7) is 2.06. The van der Waals surface area contributed by atoms with Gasteiger partial charge in [0.1, 0.15) is 0 Å². The zero-order valence-corrected chi connectivity index (χ0v) is 12.2. The van der Waals surface area contributed by atoms with Crippen LogP contribution < -0.4 is 0 Å². The first-order chi connectivity index (χ1) is 8.60. The molecular weight excluding hydrogens is 310 g/mol. The Kier molecular flexibility index (Phi) is 4.06. The molecule has 0 radical (unpaired) electrons. The highest BCUT2D eigenvalue weighted by molar-refractivity contribution is 9.09. The van der Waals surface area contributed by atoms with E-state index in [4.69, 9.17) is 16.9 Å². The summed E-state index contributed by atoms with van der Waals surface area (Å²) in [6, 6.07) is 15.6. The first-order valence-electron chi connectivity index (χ1n) is 5.55. The summed E-state index contributed by atoms with van der Waals surface area (Å²) in [5.41, 5.74) is 3.93. The van der Waals surface area contributed by atoms with Gasteiger partial charge in [-0.1, -0.05) is 39.7 Å². The maximum Gasteiger partial charge on any atom is 0.0991 e. The van der Waals surface area contributed by atoms with Crippen LogP contribution in [0, 0.1) is 11.3 Å². The lowest BCUT2D eigenvalue weighted by molar-refractivity contribution is 1.12. The Morgan fingerprint density at radius 2 is 1.78 bits per heavy atom. The minimum Gasteiger partial charge on any atom is -0.192 e. The largest absolute Gasteiger partial charge is 0.192 e. The Bertz CT molecular complexity index is 597. The van der Waals surface area contributed by atoms with Crippen LogP contribution in [-0.2, 0) is 0 Å². The Hall–Kier alpha value is -1.30. The van der Waals surface area contributed by atoms with E-state index in [-0.39, 0.29) is 4.83 Å². The Morgan fingerprint density at radius 3 is 2.33 bits per heavy atom. The molecule has 0 fully saturated rings. The van der Waals surface area contributed by atoms with Gasteiger partial charge < -0.3 is 0 Å². The fourth-order valence-corrected chi connectivity index (χ4v) is 2.25. The van der Waals surface area contributed by atoms with Crippen LogP contribution in [0.2, 0.25) is 5.02 Å². The topological polar surface area (TPSA) is 23.8 Å². The van der Waals surface area contributed by atoms with E-state index in [1.807, 2.05) is 36.4 Å². The van der Waals surface area contributed by atoms with Crippen molar-refractivity contribution in [2.45, 2.75) is 11.8 Å². The summed E-state index contributed by atoms with van der Waals surface area (Å²) in [5, 5.41) is 9.50. The van der Waals surface area contributed by atoms with E-state index in [9.17, 15) is 0 Å². The Labute approximate surface area is 120 Å². The molecule has 0 aliphatic rings. The molecule has 0 bridgehead atoms. The fraction of sp³-hybridized carbons (Fsp3) is 0.133. The molecule has 0 N–H and O–H groups in total. The SMILES string of the molecule is C[C@H](Br)c1cc(Cl)cc(-c2ccc(C#N)cc2)c1. The second kappa shape index (κ2) is 5.56. The summed E-state index contributed by atoms with van der Waals surface area (Å²) in [7, 11) is 0. The number of rotatable bonds is 2. The number of hydrogen-bond donors (Lipinski definition) is 0. The van der Waals surface area contributed by atoms with Crippen LogP contribution >= 0.6 is 27.5 Å². The average Bonchev–Trinajstić information content (AvgIpc) is 2.38. The van der Waals surface area contributed by atoms with E-state index in [1.54, 1.807) is 0 Å². The summed E-state index contributed by atoms with van der Waals surface area (Å²) in [5.74, 6) is 0. The molecule has 0 saturated heterocycles. The van der Waals surface area contributed by atoms with Crippen molar-refractivity contribution >= 4 is 27.5 Å². The lowest BCUT2D eigenvalue weighted by Crippen LogP contribution is -1.86. The molecule has 90 valence electrons. The van der Waals surface area contributed by atoms with Crippen LogP contribution in [0.1, 0.15) is 22.9 Å². The molecule has 1 nitrogen and oxygen atoms in total. The van der Waals surface area contributed by atoms with Crippen molar-refractivity contribution in [3.05, 3.63) is 58.6 Å². The van der Waals surface area contributed by atoms with Gasteiger partial charge in [0.25, 0.3) is 0 Å². The third-order valence-electron chi connectivity index (χ3n) is 2.73. The van der Waals surface area contributed by atoms with Gasteiger partial charge >= 0.3 is 0 Å². The van der Waals surface area contributed by atoms with E-state index in [2.05, 4.69) is 35.0 Å². The highest BCUT2D eigenvalue weighted by Crippen LogP contribution is 2.30. The molecule has 0 saturated carbocycles. The molecule has 3 heteroatoms. The van der Waals surface area contributed by atoms with E-state index in [0.717, 1.165) is 21.7 Å². The molecule has 0 aliphatic carbocycles. The molecule has 0 heterocycles. The van der Waals surface area contributed by atoms with Crippen molar-refractivity contribution in [1.82, 2.24) is 0 Å². The van der Waals surface area contributed by atoms with E-state index >= 15 is 0 Å². The predicted molar refractivity (Wildman–Crippen MR) is 78.9 cm³/mol. The van der Waals surface area contributed by atoms with Crippen LogP contribution in [-0.4, -0.2) is 0 Å². The van der Waals surface area contributed by atoms with Gasteiger partial charge in [0.2, 0.25) is 0 Å². The first kappa shape index (κ1) is 13.1. The molecule has 2 aromatic rings. The molecule has 18 heavy (non-hydrogen) atoms. The average molecular weight is 321 g/mol. The number of halogens is 2. The van der Waals surface area contributed by atoms with Gasteiger partial charge in [-0.05, 0) is 53.9 Å². The van der Waals surface area contributed by atoms with E-state index in [1.165, 1.54) is 0 Å². The smallest absolute Gasteiger partial charge is 0.0991 e. The predicted octanol–water partition coefficient (Wildman–Crippen LogP) is 5.33. The maximum absolute atomic E-state index is 8.78. The molecule has 0 aromatic heterocycles. The van der Waals surface area contributed by atoms with Crippen LogP contribution in [0.25, 0.3) is 11.1 Å². The molecular formula is C15H11BrClN. The van der Waals surface area contributed by atoms with Gasteiger partial charge in [0, 0.05) is 9.85 Å². The van der Waals surface area contributed by atoms with Crippen LogP contribution in [0.3, 0.4) is 0 Å². The van der Waals surface area contributed by atoms with Crippen LogP contribution in [0.15, 0.2) is 42.5 Å². The third kappa shape index (κ3) is 2.93. The van der Waals surface area contributed by atoms with Crippen molar-refractivity contribution in [1.29, 1.82) is 5.26 Å². The summed E-state index contributed by atoms with van der Waals surface area (Å²) in [4.78, 5) is 0.258. The second-order valence-corrected chi connectivity index (χ2v) is 5.89. The van der Waals surface area contributed by atoms with Gasteiger partial charge in [-0.3, -0.25) is 0 Å². The molecule has 0 unspecified atom stereocenters. The maximum atomic E-state index is 8.78. The van der Waals surface area contributed by atoms with Crippen molar-refractivity contribution in [2.24, 2.45) is 0 Å². The number of nitrogens with zero attached hydrogens (tertiary/aromatic N) is 1. The summed E-state index contributed by atoms with van der Waals surface area (Å²) in [6.07, 6.45) is 0. The molecule has 1 atom stereocenters. The summed E-state index contributed by atoms with van der Waals surface area (Å²) < 4.78 is 0. The fourth-order valence-electron chi connectivity index (χ4n) is 1.75. The van der Waals surface area contributed by atoms with Crippen LogP contribution in [0.4, 0.5) is 0 Å². The van der Waals surface area contributed by atoms with Crippen molar-refractivity contribution in [2.75, 3.05) is 0 Å². The third-order valence-corrected chi connectivity index (χ3v) is 3.47. The Morgan fingerprint density at radius 1 is 1.11 bits per heavy atom. The zero-order chi connectivity index (χ0) is 13.1. The van der Waals surface area contributed by atoms with Gasteiger partial charge in [-0.15, -0.1) is 0 Å². The van der Waals surface area contributed by atoms with Gasteiger partial charge in [-0.2, -0.15) is 5.26 Å². The normalized spacial score (nSPS) is 11.9. The van der Waals surface area contributed by atoms with Crippen molar-refractivity contribution in [3.63, 3.8) is 0 Å². The Balaban J connectivity index is 2.46. The quantitative estimate of drug-likeness (QED) is 0.686. The molecule has 0 spiro atoms. The van der Waals surface area contributed by atoms with Crippen molar-refractivity contribution in [3.8, 4) is 17.2 Å². The van der Waals surface area contributed by atoms with E-state index < -0.39 is 0 Å². The van der Waals surface area contributed by atoms with Gasteiger partial charge in [-0.25, -0.2) is 0 Å². The number of alkyl halides is 1. The monoisotopic (exact) mass is 319 g/mol. The van der Waals surface area contributed by atoms with Crippen molar-refractivity contribution < 1.29 is 0 Å². The van der Waals surface area contributed by atoms with E-state index in [0.29, 0.717) is 5.56 Å². The number of hydrogen-bond acceptors (Lipinski definition) is 1. The molecule has 0 amide bonds. The highest BCUT2D eigenvalue weighted by atomic mass is 79.9. The first-order valence-corrected chi connectivity index (χ1v) is 6.84. The lowest BCUT2D eigenvalue weighted by Gasteiger charge is -2.09. The minimum atomic E-state index is 0.258.